The molecule has 0 spiro atoms. The Morgan fingerprint density at radius 1 is 1.44 bits per heavy atom. The molecule has 0 unspecified atom stereocenters. The third-order valence-electron chi connectivity index (χ3n) is 2.05. The average Bonchev–Trinajstić information content (AvgIpc) is 2.77. The van der Waals surface area contributed by atoms with Crippen molar-refractivity contribution in [3.05, 3.63) is 16.3 Å². The number of ether oxygens (including phenoxy) is 1. The molecule has 0 radical (unpaired) electrons. The molecule has 1 rings (SSSR count). The highest BCUT2D eigenvalue weighted by Crippen LogP contribution is 2.20. The maximum Gasteiger partial charge on any atom is 0.261 e. The molecule has 1 aromatic rings. The van der Waals surface area contributed by atoms with Crippen molar-refractivity contribution in [3.63, 3.8) is 0 Å². The van der Waals surface area contributed by atoms with Crippen molar-refractivity contribution in [2.75, 3.05) is 26.7 Å². The summed E-state index contributed by atoms with van der Waals surface area (Å²) in [5, 5.41) is 7.89. The Balaban J connectivity index is 2.24. The zero-order valence-electron chi connectivity index (χ0n) is 9.71. The van der Waals surface area contributed by atoms with Crippen molar-refractivity contribution in [1.29, 1.82) is 0 Å². The molecule has 0 aromatic carbocycles. The first kappa shape index (κ1) is 13.0. The minimum Gasteiger partial charge on any atom is -0.496 e. The van der Waals surface area contributed by atoms with E-state index < -0.39 is 0 Å². The minimum atomic E-state index is -0.0356. The molecule has 0 bridgehead atoms. The van der Waals surface area contributed by atoms with Crippen LogP contribution in [0.3, 0.4) is 0 Å². The summed E-state index contributed by atoms with van der Waals surface area (Å²) in [7, 11) is 1.60. The predicted octanol–water partition coefficient (Wildman–Crippen LogP) is 1.49. The number of hydrogen-bond donors (Lipinski definition) is 2. The number of methoxy groups -OCH3 is 1. The van der Waals surface area contributed by atoms with Gasteiger partial charge in [0, 0.05) is 24.5 Å². The molecule has 0 aliphatic heterocycles. The number of carbonyl (C=O) groups is 1. The van der Waals surface area contributed by atoms with Crippen LogP contribution < -0.4 is 15.4 Å². The number of thiophene rings is 1. The van der Waals surface area contributed by atoms with Gasteiger partial charge in [0.1, 0.15) is 5.75 Å². The Hall–Kier alpha value is -1.07. The van der Waals surface area contributed by atoms with Crippen molar-refractivity contribution in [2.24, 2.45) is 0 Å². The molecular formula is C11H18N2O2S. The fourth-order valence-electron chi connectivity index (χ4n) is 1.20. The first-order valence-corrected chi connectivity index (χ1v) is 6.27. The average molecular weight is 242 g/mol. The third-order valence-corrected chi connectivity index (χ3v) is 2.96. The molecule has 1 aromatic heterocycles. The standard InChI is InChI=1S/C11H18N2O2S/c1-3-4-12-5-6-13-11(14)10-7-9(15-2)8-16-10/h7-8,12H,3-6H2,1-2H3,(H,13,14). The van der Waals surface area contributed by atoms with Crippen LogP contribution in [0.4, 0.5) is 0 Å². The van der Waals surface area contributed by atoms with Gasteiger partial charge in [0.15, 0.2) is 0 Å². The van der Waals surface area contributed by atoms with Gasteiger partial charge in [-0.05, 0) is 13.0 Å². The second-order valence-corrected chi connectivity index (χ2v) is 4.27. The lowest BCUT2D eigenvalue weighted by Gasteiger charge is -2.04. The maximum atomic E-state index is 11.6. The quantitative estimate of drug-likeness (QED) is 0.712. The molecular weight excluding hydrogens is 224 g/mol. The molecule has 1 amide bonds. The first-order chi connectivity index (χ1) is 7.77. The summed E-state index contributed by atoms with van der Waals surface area (Å²) < 4.78 is 5.02. The van der Waals surface area contributed by atoms with E-state index in [4.69, 9.17) is 4.74 Å². The van der Waals surface area contributed by atoms with Gasteiger partial charge in [-0.3, -0.25) is 4.79 Å². The molecule has 1 heterocycles. The summed E-state index contributed by atoms with van der Waals surface area (Å²) in [6.07, 6.45) is 1.11. The number of nitrogens with one attached hydrogen (secondary N) is 2. The molecule has 0 fully saturated rings. The normalized spacial score (nSPS) is 10.1. The van der Waals surface area contributed by atoms with Crippen LogP contribution in [-0.2, 0) is 0 Å². The second kappa shape index (κ2) is 7.24. The van der Waals surface area contributed by atoms with E-state index in [0.29, 0.717) is 11.4 Å². The van der Waals surface area contributed by atoms with Gasteiger partial charge in [-0.2, -0.15) is 0 Å². The molecule has 0 saturated carbocycles. The van der Waals surface area contributed by atoms with E-state index in [0.717, 1.165) is 25.3 Å². The molecule has 16 heavy (non-hydrogen) atoms. The first-order valence-electron chi connectivity index (χ1n) is 5.39. The number of hydrogen-bond acceptors (Lipinski definition) is 4. The summed E-state index contributed by atoms with van der Waals surface area (Å²) in [6, 6.07) is 1.75. The number of rotatable bonds is 7. The topological polar surface area (TPSA) is 50.4 Å². The predicted molar refractivity (Wildman–Crippen MR) is 66.4 cm³/mol. The maximum absolute atomic E-state index is 11.6. The van der Waals surface area contributed by atoms with Crippen molar-refractivity contribution in [2.45, 2.75) is 13.3 Å². The lowest BCUT2D eigenvalue weighted by atomic mass is 10.4. The van der Waals surface area contributed by atoms with E-state index in [-0.39, 0.29) is 5.91 Å². The number of amides is 1. The summed E-state index contributed by atoms with van der Waals surface area (Å²) in [5.41, 5.74) is 0. The van der Waals surface area contributed by atoms with Crippen LogP contribution in [0.15, 0.2) is 11.4 Å². The van der Waals surface area contributed by atoms with Gasteiger partial charge in [0.2, 0.25) is 0 Å². The smallest absolute Gasteiger partial charge is 0.261 e. The summed E-state index contributed by atoms with van der Waals surface area (Å²) in [4.78, 5) is 12.3. The van der Waals surface area contributed by atoms with E-state index in [1.165, 1.54) is 11.3 Å². The van der Waals surface area contributed by atoms with Crippen molar-refractivity contribution < 1.29 is 9.53 Å². The zero-order chi connectivity index (χ0) is 11.8. The zero-order valence-corrected chi connectivity index (χ0v) is 10.5. The minimum absolute atomic E-state index is 0.0356. The van der Waals surface area contributed by atoms with Gasteiger partial charge < -0.3 is 15.4 Å². The van der Waals surface area contributed by atoms with Gasteiger partial charge in [-0.25, -0.2) is 0 Å². The summed E-state index contributed by atoms with van der Waals surface area (Å²) in [5.74, 6) is 0.700. The number of carbonyl (C=O) groups excluding carboxylic acids is 1. The molecule has 0 atom stereocenters. The van der Waals surface area contributed by atoms with Crippen LogP contribution in [-0.4, -0.2) is 32.7 Å². The molecule has 0 aliphatic rings. The van der Waals surface area contributed by atoms with E-state index in [9.17, 15) is 4.79 Å². The molecule has 2 N–H and O–H groups in total. The Morgan fingerprint density at radius 3 is 2.88 bits per heavy atom. The van der Waals surface area contributed by atoms with E-state index in [1.807, 2.05) is 5.38 Å². The second-order valence-electron chi connectivity index (χ2n) is 3.36. The van der Waals surface area contributed by atoms with E-state index >= 15 is 0 Å². The molecule has 4 nitrogen and oxygen atoms in total. The Bertz CT molecular complexity index is 326. The lowest BCUT2D eigenvalue weighted by molar-refractivity contribution is 0.0958. The fraction of sp³-hybridized carbons (Fsp3) is 0.545. The van der Waals surface area contributed by atoms with Gasteiger partial charge >= 0.3 is 0 Å². The van der Waals surface area contributed by atoms with Crippen LogP contribution >= 0.6 is 11.3 Å². The van der Waals surface area contributed by atoms with Crippen LogP contribution in [0.2, 0.25) is 0 Å². The largest absolute Gasteiger partial charge is 0.496 e. The SMILES string of the molecule is CCCNCCNC(=O)c1cc(OC)cs1. The van der Waals surface area contributed by atoms with Gasteiger partial charge in [-0.15, -0.1) is 11.3 Å². The molecule has 0 aliphatic carbocycles. The Labute approximate surface area is 100 Å². The summed E-state index contributed by atoms with van der Waals surface area (Å²) >= 11 is 1.39. The summed E-state index contributed by atoms with van der Waals surface area (Å²) in [6.45, 7) is 4.56. The molecule has 5 heteroatoms. The van der Waals surface area contributed by atoms with Crippen molar-refractivity contribution in [1.82, 2.24) is 10.6 Å². The van der Waals surface area contributed by atoms with Crippen LogP contribution in [0, 0.1) is 0 Å². The van der Waals surface area contributed by atoms with E-state index in [2.05, 4.69) is 17.6 Å². The van der Waals surface area contributed by atoms with Crippen LogP contribution in [0.1, 0.15) is 23.0 Å². The molecule has 0 saturated heterocycles. The van der Waals surface area contributed by atoms with Crippen molar-refractivity contribution >= 4 is 17.2 Å². The Morgan fingerprint density at radius 2 is 2.25 bits per heavy atom. The highest BCUT2D eigenvalue weighted by Gasteiger charge is 2.08. The van der Waals surface area contributed by atoms with Gasteiger partial charge in [0.25, 0.3) is 5.91 Å². The van der Waals surface area contributed by atoms with Crippen LogP contribution in [0.5, 0.6) is 5.75 Å². The van der Waals surface area contributed by atoms with Crippen molar-refractivity contribution in [3.8, 4) is 5.75 Å². The van der Waals surface area contributed by atoms with Gasteiger partial charge in [0.05, 0.1) is 12.0 Å². The van der Waals surface area contributed by atoms with Crippen LogP contribution in [0.25, 0.3) is 0 Å². The Kier molecular flexibility index (Phi) is 5.88. The third kappa shape index (κ3) is 4.20. The van der Waals surface area contributed by atoms with Gasteiger partial charge in [-0.1, -0.05) is 6.92 Å². The monoisotopic (exact) mass is 242 g/mol. The highest BCUT2D eigenvalue weighted by atomic mass is 32.1. The highest BCUT2D eigenvalue weighted by molar-refractivity contribution is 7.12. The fourth-order valence-corrected chi connectivity index (χ4v) is 1.97. The van der Waals surface area contributed by atoms with E-state index in [1.54, 1.807) is 13.2 Å². The molecule has 90 valence electrons. The lowest BCUT2D eigenvalue weighted by Crippen LogP contribution is -2.31.